The molecule has 0 amide bonds. The normalized spacial score (nSPS) is 16.4. The zero-order valence-corrected chi connectivity index (χ0v) is 18.5. The lowest BCUT2D eigenvalue weighted by Gasteiger charge is -2.27. The second kappa shape index (κ2) is 7.71. The first-order valence-corrected chi connectivity index (χ1v) is 11.9. The number of hydrogen-bond acceptors (Lipinski definition) is 2. The SMILES string of the molecule is Cc1ccc(S(=O)(=O)N2CC=C3C(=C(c4ccc(C(F)(F)F)cc4)c4ccccc43)C2)cc1. The summed E-state index contributed by atoms with van der Waals surface area (Å²) in [4.78, 5) is 0.220. The minimum atomic E-state index is -4.42. The minimum absolute atomic E-state index is 0.146. The molecule has 3 nitrogen and oxygen atoms in total. The largest absolute Gasteiger partial charge is 0.416 e. The van der Waals surface area contributed by atoms with E-state index >= 15 is 0 Å². The van der Waals surface area contributed by atoms with Gasteiger partial charge in [-0.1, -0.05) is 60.2 Å². The molecule has 0 aromatic heterocycles. The molecule has 0 fully saturated rings. The molecule has 1 aliphatic carbocycles. The van der Waals surface area contributed by atoms with Gasteiger partial charge in [0.2, 0.25) is 10.0 Å². The average molecular weight is 468 g/mol. The maximum absolute atomic E-state index is 13.3. The van der Waals surface area contributed by atoms with Crippen LogP contribution >= 0.6 is 0 Å². The molecule has 33 heavy (non-hydrogen) atoms. The smallest absolute Gasteiger partial charge is 0.207 e. The topological polar surface area (TPSA) is 37.4 Å². The molecule has 3 aromatic rings. The van der Waals surface area contributed by atoms with E-state index in [2.05, 4.69) is 0 Å². The van der Waals surface area contributed by atoms with Crippen molar-refractivity contribution in [3.05, 3.63) is 112 Å². The molecule has 0 spiro atoms. The molecule has 5 rings (SSSR count). The van der Waals surface area contributed by atoms with Gasteiger partial charge >= 0.3 is 6.18 Å². The number of fused-ring (bicyclic) bond motifs is 3. The van der Waals surface area contributed by atoms with E-state index in [0.717, 1.165) is 45.5 Å². The van der Waals surface area contributed by atoms with Crippen LogP contribution in [0.5, 0.6) is 0 Å². The summed E-state index contributed by atoms with van der Waals surface area (Å²) in [6.07, 6.45) is -2.53. The maximum atomic E-state index is 13.3. The summed E-state index contributed by atoms with van der Waals surface area (Å²) in [6, 6.07) is 19.4. The molecule has 7 heteroatoms. The Labute approximate surface area is 190 Å². The number of benzene rings is 3. The molecule has 0 bridgehead atoms. The lowest BCUT2D eigenvalue weighted by atomic mass is 9.96. The first-order chi connectivity index (χ1) is 15.7. The second-order valence-electron chi connectivity index (χ2n) is 8.20. The summed E-state index contributed by atoms with van der Waals surface area (Å²) < 4.78 is 67.3. The first-order valence-electron chi connectivity index (χ1n) is 10.4. The van der Waals surface area contributed by atoms with Crippen LogP contribution in [-0.4, -0.2) is 25.8 Å². The Morgan fingerprint density at radius 2 is 1.48 bits per heavy atom. The fourth-order valence-electron chi connectivity index (χ4n) is 4.43. The van der Waals surface area contributed by atoms with Crippen molar-refractivity contribution < 1.29 is 21.6 Å². The summed E-state index contributed by atoms with van der Waals surface area (Å²) in [5.74, 6) is 0. The van der Waals surface area contributed by atoms with Crippen molar-refractivity contribution in [3.63, 3.8) is 0 Å². The van der Waals surface area contributed by atoms with Crippen LogP contribution in [0.25, 0.3) is 11.1 Å². The lowest BCUT2D eigenvalue weighted by Crippen LogP contribution is -2.35. The number of halogens is 3. The molecule has 0 saturated carbocycles. The van der Waals surface area contributed by atoms with Crippen LogP contribution in [0.3, 0.4) is 0 Å². The average Bonchev–Trinajstić information content (AvgIpc) is 3.12. The van der Waals surface area contributed by atoms with E-state index in [1.807, 2.05) is 37.3 Å². The van der Waals surface area contributed by atoms with Gasteiger partial charge < -0.3 is 0 Å². The van der Waals surface area contributed by atoms with Crippen molar-refractivity contribution in [2.24, 2.45) is 0 Å². The molecular weight excluding hydrogens is 447 g/mol. The molecule has 1 heterocycles. The van der Waals surface area contributed by atoms with E-state index in [4.69, 9.17) is 0 Å². The predicted octanol–water partition coefficient (Wildman–Crippen LogP) is 5.92. The van der Waals surface area contributed by atoms with Crippen molar-refractivity contribution in [2.45, 2.75) is 18.0 Å². The Kier molecular flexibility index (Phi) is 5.06. The van der Waals surface area contributed by atoms with Gasteiger partial charge in [-0.05, 0) is 64.6 Å². The predicted molar refractivity (Wildman–Crippen MR) is 122 cm³/mol. The molecule has 3 aromatic carbocycles. The molecule has 0 unspecified atom stereocenters. The Hall–Kier alpha value is -3.16. The van der Waals surface area contributed by atoms with Crippen molar-refractivity contribution >= 4 is 21.2 Å². The molecule has 168 valence electrons. The van der Waals surface area contributed by atoms with Crippen LogP contribution in [-0.2, 0) is 16.2 Å². The third-order valence-electron chi connectivity index (χ3n) is 6.11. The van der Waals surface area contributed by atoms with Crippen LogP contribution in [0.4, 0.5) is 13.2 Å². The van der Waals surface area contributed by atoms with Gasteiger partial charge in [0.15, 0.2) is 0 Å². The summed E-state index contributed by atoms with van der Waals surface area (Å²) in [7, 11) is -3.73. The Bertz CT molecular complexity index is 1400. The number of rotatable bonds is 3. The molecule has 0 N–H and O–H groups in total. The fraction of sp³-hybridized carbons (Fsp3) is 0.154. The van der Waals surface area contributed by atoms with E-state index < -0.39 is 21.8 Å². The van der Waals surface area contributed by atoms with E-state index in [-0.39, 0.29) is 18.0 Å². The highest BCUT2D eigenvalue weighted by Gasteiger charge is 2.35. The van der Waals surface area contributed by atoms with Crippen molar-refractivity contribution in [1.29, 1.82) is 0 Å². The Balaban J connectivity index is 1.61. The Morgan fingerprint density at radius 3 is 2.12 bits per heavy atom. The van der Waals surface area contributed by atoms with Gasteiger partial charge in [0.05, 0.1) is 10.5 Å². The Morgan fingerprint density at radius 1 is 0.848 bits per heavy atom. The zero-order valence-electron chi connectivity index (χ0n) is 17.7. The fourth-order valence-corrected chi connectivity index (χ4v) is 5.77. The van der Waals surface area contributed by atoms with Crippen LogP contribution in [0.15, 0.2) is 89.3 Å². The van der Waals surface area contributed by atoms with E-state index in [1.54, 1.807) is 24.3 Å². The van der Waals surface area contributed by atoms with Gasteiger partial charge in [-0.25, -0.2) is 8.42 Å². The summed E-state index contributed by atoms with van der Waals surface area (Å²) in [5.41, 5.74) is 5.26. The van der Waals surface area contributed by atoms with E-state index in [0.29, 0.717) is 5.56 Å². The van der Waals surface area contributed by atoms with Gasteiger partial charge in [-0.2, -0.15) is 17.5 Å². The highest BCUT2D eigenvalue weighted by Crippen LogP contribution is 2.46. The van der Waals surface area contributed by atoms with E-state index in [9.17, 15) is 21.6 Å². The van der Waals surface area contributed by atoms with Crippen LogP contribution in [0, 0.1) is 6.92 Å². The van der Waals surface area contributed by atoms with Gasteiger partial charge in [0.1, 0.15) is 0 Å². The van der Waals surface area contributed by atoms with Crippen molar-refractivity contribution in [2.75, 3.05) is 13.1 Å². The quantitative estimate of drug-likeness (QED) is 0.480. The van der Waals surface area contributed by atoms with Gasteiger partial charge in [-0.3, -0.25) is 0 Å². The number of hydrogen-bond donors (Lipinski definition) is 0. The number of nitrogens with zero attached hydrogens (tertiary/aromatic N) is 1. The number of sulfonamides is 1. The van der Waals surface area contributed by atoms with Crippen LogP contribution in [0.2, 0.25) is 0 Å². The van der Waals surface area contributed by atoms with Crippen molar-refractivity contribution in [3.8, 4) is 0 Å². The number of alkyl halides is 3. The van der Waals surface area contributed by atoms with Gasteiger partial charge in [-0.15, -0.1) is 0 Å². The standard InChI is InChI=1S/C26H20F3NO2S/c1-17-6-12-20(13-7-17)33(31,32)30-15-14-22-21-4-2-3-5-23(21)25(24(22)16-30)18-8-10-19(11-9-18)26(27,28)29/h2-14H,15-16H2,1H3. The van der Waals surface area contributed by atoms with Gasteiger partial charge in [0.25, 0.3) is 0 Å². The third kappa shape index (κ3) is 3.71. The first kappa shape index (κ1) is 21.7. The monoisotopic (exact) mass is 467 g/mol. The molecule has 1 aliphatic heterocycles. The summed E-state index contributed by atoms with van der Waals surface area (Å²) in [6.45, 7) is 2.26. The molecule has 2 aliphatic rings. The lowest BCUT2D eigenvalue weighted by molar-refractivity contribution is -0.137. The van der Waals surface area contributed by atoms with E-state index in [1.165, 1.54) is 16.4 Å². The second-order valence-corrected chi connectivity index (χ2v) is 10.1. The minimum Gasteiger partial charge on any atom is -0.207 e. The van der Waals surface area contributed by atoms with Crippen LogP contribution < -0.4 is 0 Å². The highest BCUT2D eigenvalue weighted by molar-refractivity contribution is 7.89. The molecule has 0 atom stereocenters. The van der Waals surface area contributed by atoms with Crippen LogP contribution in [0.1, 0.15) is 27.8 Å². The highest BCUT2D eigenvalue weighted by atomic mass is 32.2. The summed E-state index contributed by atoms with van der Waals surface area (Å²) >= 11 is 0. The zero-order chi connectivity index (χ0) is 23.4. The molecule has 0 saturated heterocycles. The molecular formula is C26H20F3NO2S. The number of aryl methyl sites for hydroxylation is 1. The third-order valence-corrected chi connectivity index (χ3v) is 7.93. The van der Waals surface area contributed by atoms with Gasteiger partial charge in [0, 0.05) is 13.1 Å². The molecule has 0 radical (unpaired) electrons. The summed E-state index contributed by atoms with van der Waals surface area (Å²) in [5, 5.41) is 0. The maximum Gasteiger partial charge on any atom is 0.416 e. The van der Waals surface area contributed by atoms with Crippen molar-refractivity contribution in [1.82, 2.24) is 4.31 Å².